The summed E-state index contributed by atoms with van der Waals surface area (Å²) in [5.74, 6) is -0.753. The van der Waals surface area contributed by atoms with Gasteiger partial charge in [0, 0.05) is 6.07 Å². The summed E-state index contributed by atoms with van der Waals surface area (Å²) >= 11 is 12.1. The molecular weight excluding hydrogens is 353 g/mol. The summed E-state index contributed by atoms with van der Waals surface area (Å²) in [6.07, 6.45) is 0. The number of methoxy groups -OCH3 is 1. The average molecular weight is 364 g/mol. The van der Waals surface area contributed by atoms with Crippen LogP contribution in [0.15, 0.2) is 59.3 Å². The van der Waals surface area contributed by atoms with Crippen molar-refractivity contribution >= 4 is 40.7 Å². The number of imide groups is 1. The minimum atomic E-state index is -0.687. The maximum Gasteiger partial charge on any atom is 0.302 e. The van der Waals surface area contributed by atoms with Crippen LogP contribution in [0.4, 0.5) is 5.69 Å². The van der Waals surface area contributed by atoms with E-state index in [9.17, 15) is 9.59 Å². The first-order valence-corrected chi connectivity index (χ1v) is 7.63. The summed E-state index contributed by atoms with van der Waals surface area (Å²) in [5.41, 5.74) is 0.247. The number of rotatable bonds is 4. The molecule has 1 aliphatic rings. The highest BCUT2D eigenvalue weighted by atomic mass is 35.5. The van der Waals surface area contributed by atoms with Crippen LogP contribution >= 0.6 is 23.2 Å². The number of anilines is 1. The molecule has 0 radical (unpaired) electrons. The molecule has 1 heterocycles. The molecule has 7 heteroatoms. The van der Waals surface area contributed by atoms with Gasteiger partial charge >= 0.3 is 5.91 Å². The Morgan fingerprint density at radius 3 is 2.33 bits per heavy atom. The van der Waals surface area contributed by atoms with E-state index in [2.05, 4.69) is 0 Å². The maximum absolute atomic E-state index is 12.6. The molecule has 5 nitrogen and oxygen atoms in total. The van der Waals surface area contributed by atoms with Gasteiger partial charge in [0.05, 0.1) is 17.8 Å². The van der Waals surface area contributed by atoms with E-state index >= 15 is 0 Å². The number of benzene rings is 2. The zero-order valence-electron chi connectivity index (χ0n) is 12.5. The van der Waals surface area contributed by atoms with E-state index in [-0.39, 0.29) is 21.5 Å². The van der Waals surface area contributed by atoms with Crippen LogP contribution in [0.3, 0.4) is 0 Å². The van der Waals surface area contributed by atoms with Crippen LogP contribution < -0.4 is 14.4 Å². The topological polar surface area (TPSA) is 55.8 Å². The molecule has 0 fully saturated rings. The number of halogens is 2. The highest BCUT2D eigenvalue weighted by molar-refractivity contribution is 6.53. The lowest BCUT2D eigenvalue weighted by molar-refractivity contribution is -0.121. The zero-order chi connectivity index (χ0) is 17.3. The molecule has 1 aliphatic heterocycles. The molecule has 0 aromatic heterocycles. The van der Waals surface area contributed by atoms with Gasteiger partial charge in [-0.3, -0.25) is 9.59 Å². The van der Waals surface area contributed by atoms with Crippen LogP contribution in [-0.4, -0.2) is 18.9 Å². The Hall–Kier alpha value is -2.50. The lowest BCUT2D eigenvalue weighted by atomic mass is 10.3. The van der Waals surface area contributed by atoms with E-state index in [0.29, 0.717) is 11.5 Å². The third-order valence-electron chi connectivity index (χ3n) is 3.34. The van der Waals surface area contributed by atoms with Crippen LogP contribution in [0, 0.1) is 0 Å². The monoisotopic (exact) mass is 363 g/mol. The van der Waals surface area contributed by atoms with Crippen molar-refractivity contribution in [1.82, 2.24) is 0 Å². The summed E-state index contributed by atoms with van der Waals surface area (Å²) in [7, 11) is 1.51. The summed E-state index contributed by atoms with van der Waals surface area (Å²) in [4.78, 5) is 25.8. The lowest BCUT2D eigenvalue weighted by Gasteiger charge is -2.16. The lowest BCUT2D eigenvalue weighted by Crippen LogP contribution is -2.32. The zero-order valence-corrected chi connectivity index (χ0v) is 14.0. The highest BCUT2D eigenvalue weighted by Gasteiger charge is 2.41. The third-order valence-corrected chi connectivity index (χ3v) is 3.99. The smallest absolute Gasteiger partial charge is 0.302 e. The van der Waals surface area contributed by atoms with Gasteiger partial charge in [-0.15, -0.1) is 0 Å². The molecule has 2 aromatic carbocycles. The summed E-state index contributed by atoms with van der Waals surface area (Å²) in [5, 5.41) is -0.0472. The molecule has 0 saturated heterocycles. The van der Waals surface area contributed by atoms with Crippen molar-refractivity contribution in [2.24, 2.45) is 0 Å². The van der Waals surface area contributed by atoms with Gasteiger partial charge in [-0.1, -0.05) is 41.4 Å². The molecular formula is C17H11Cl2NO4. The number of carbonyl (C=O) groups excluding carboxylic acids is 2. The SMILES string of the molecule is COc1cccc(OC2=C(Cl)C(=O)N(c3ccccc3Cl)C2=O)c1. The second-order valence-corrected chi connectivity index (χ2v) is 5.61. The molecule has 24 heavy (non-hydrogen) atoms. The fraction of sp³-hybridized carbons (Fsp3) is 0.0588. The van der Waals surface area contributed by atoms with E-state index in [1.165, 1.54) is 7.11 Å². The first-order chi connectivity index (χ1) is 11.5. The number of carbonyl (C=O) groups is 2. The standard InChI is InChI=1S/C17H11Cl2NO4/c1-23-10-5-4-6-11(9-10)24-15-14(19)16(21)20(17(15)22)13-8-3-2-7-12(13)18/h2-9H,1H3. The van der Waals surface area contributed by atoms with E-state index in [1.54, 1.807) is 48.5 Å². The van der Waals surface area contributed by atoms with Gasteiger partial charge in [0.25, 0.3) is 5.91 Å². The number of hydrogen-bond donors (Lipinski definition) is 0. The van der Waals surface area contributed by atoms with Gasteiger partial charge in [0.2, 0.25) is 5.76 Å². The van der Waals surface area contributed by atoms with Gasteiger partial charge in [0.1, 0.15) is 11.5 Å². The van der Waals surface area contributed by atoms with Gasteiger partial charge in [0.15, 0.2) is 5.03 Å². The van der Waals surface area contributed by atoms with Crippen molar-refractivity contribution in [1.29, 1.82) is 0 Å². The molecule has 0 spiro atoms. The van der Waals surface area contributed by atoms with Gasteiger partial charge in [-0.2, -0.15) is 0 Å². The van der Waals surface area contributed by atoms with Crippen molar-refractivity contribution in [2.75, 3.05) is 12.0 Å². The molecule has 2 aromatic rings. The Balaban J connectivity index is 1.93. The summed E-state index contributed by atoms with van der Waals surface area (Å²) in [6, 6.07) is 13.1. The fourth-order valence-corrected chi connectivity index (χ4v) is 2.63. The van der Waals surface area contributed by atoms with E-state index in [1.807, 2.05) is 0 Å². The van der Waals surface area contributed by atoms with Crippen LogP contribution in [0.25, 0.3) is 0 Å². The number of amides is 2. The molecule has 2 amide bonds. The van der Waals surface area contributed by atoms with E-state index < -0.39 is 11.8 Å². The number of nitrogens with zero attached hydrogens (tertiary/aromatic N) is 1. The predicted molar refractivity (Wildman–Crippen MR) is 90.4 cm³/mol. The molecule has 0 atom stereocenters. The Morgan fingerprint density at radius 1 is 0.917 bits per heavy atom. The molecule has 0 aliphatic carbocycles. The number of ether oxygens (including phenoxy) is 2. The highest BCUT2D eigenvalue weighted by Crippen LogP contribution is 2.34. The number of para-hydroxylation sites is 1. The van der Waals surface area contributed by atoms with Crippen molar-refractivity contribution < 1.29 is 19.1 Å². The van der Waals surface area contributed by atoms with Gasteiger partial charge in [-0.25, -0.2) is 4.90 Å². The molecule has 0 unspecified atom stereocenters. The maximum atomic E-state index is 12.6. The van der Waals surface area contributed by atoms with Crippen molar-refractivity contribution in [3.63, 3.8) is 0 Å². The van der Waals surface area contributed by atoms with Crippen LogP contribution in [0.1, 0.15) is 0 Å². The Labute approximate surface area is 148 Å². The average Bonchev–Trinajstić information content (AvgIpc) is 2.79. The molecule has 0 bridgehead atoms. The first kappa shape index (κ1) is 16.4. The second-order valence-electron chi connectivity index (χ2n) is 4.82. The molecule has 3 rings (SSSR count). The van der Waals surface area contributed by atoms with Gasteiger partial charge in [-0.05, 0) is 24.3 Å². The summed E-state index contributed by atoms with van der Waals surface area (Å²) in [6.45, 7) is 0. The molecule has 0 saturated carbocycles. The Morgan fingerprint density at radius 2 is 1.62 bits per heavy atom. The van der Waals surface area contributed by atoms with Crippen molar-refractivity contribution in [3.8, 4) is 11.5 Å². The largest absolute Gasteiger partial charge is 0.497 e. The third kappa shape index (κ3) is 2.84. The van der Waals surface area contributed by atoms with Crippen LogP contribution in [0.2, 0.25) is 5.02 Å². The predicted octanol–water partition coefficient (Wildman–Crippen LogP) is 3.75. The second kappa shape index (κ2) is 6.55. The first-order valence-electron chi connectivity index (χ1n) is 6.88. The van der Waals surface area contributed by atoms with E-state index in [4.69, 9.17) is 32.7 Å². The summed E-state index contributed by atoms with van der Waals surface area (Å²) < 4.78 is 10.6. The van der Waals surface area contributed by atoms with Crippen LogP contribution in [-0.2, 0) is 9.59 Å². The van der Waals surface area contributed by atoms with Crippen molar-refractivity contribution in [2.45, 2.75) is 0 Å². The normalized spacial score (nSPS) is 14.4. The van der Waals surface area contributed by atoms with Gasteiger partial charge < -0.3 is 9.47 Å². The Kier molecular flexibility index (Phi) is 4.46. The van der Waals surface area contributed by atoms with E-state index in [0.717, 1.165) is 4.90 Å². The minimum Gasteiger partial charge on any atom is -0.497 e. The molecule has 0 N–H and O–H groups in total. The number of hydrogen-bond acceptors (Lipinski definition) is 4. The Bertz CT molecular complexity index is 863. The van der Waals surface area contributed by atoms with Crippen molar-refractivity contribution in [3.05, 3.63) is 64.3 Å². The van der Waals surface area contributed by atoms with Crippen LogP contribution in [0.5, 0.6) is 11.5 Å². The quantitative estimate of drug-likeness (QED) is 0.776. The fourth-order valence-electron chi connectivity index (χ4n) is 2.21. The molecule has 122 valence electrons. The minimum absolute atomic E-state index is 0.247.